The van der Waals surface area contributed by atoms with Gasteiger partial charge in [-0.3, -0.25) is 9.59 Å². The first-order chi connectivity index (χ1) is 14.3. The van der Waals surface area contributed by atoms with Crippen molar-refractivity contribution in [1.82, 2.24) is 10.6 Å². The van der Waals surface area contributed by atoms with Gasteiger partial charge in [-0.05, 0) is 43.6 Å². The van der Waals surface area contributed by atoms with Crippen molar-refractivity contribution in [2.24, 2.45) is 11.8 Å². The summed E-state index contributed by atoms with van der Waals surface area (Å²) in [4.78, 5) is 36.6. The zero-order valence-corrected chi connectivity index (χ0v) is 18.6. The fraction of sp³-hybridized carbons (Fsp3) is 0.783. The maximum Gasteiger partial charge on any atom is 0.407 e. The number of amides is 2. The van der Waals surface area contributed by atoms with Gasteiger partial charge in [-0.15, -0.1) is 0 Å². The molecule has 1 aromatic rings. The van der Waals surface area contributed by atoms with Gasteiger partial charge in [0.1, 0.15) is 12.1 Å². The second kappa shape index (κ2) is 12.1. The molecule has 1 aliphatic rings. The van der Waals surface area contributed by atoms with Gasteiger partial charge in [-0.1, -0.05) is 52.9 Å². The first kappa shape index (κ1) is 24.4. The molecule has 1 aliphatic carbocycles. The standard InChI is InChI=1S/C23H38N2O5/c1-4-5-11-18(21(27)17-13-20(17)26)24-22(28)19(12-15(2)3)25-23(29)30-14-16-9-7-6-8-10-16/h13,15-16,18-19,21,27H,4-12,14H2,1-3H3,(H,24,28)(H,25,29)/t18-,19?,21?/m0/s1. The molecule has 3 atom stereocenters. The highest BCUT2D eigenvalue weighted by atomic mass is 16.5. The summed E-state index contributed by atoms with van der Waals surface area (Å²) in [5.41, 5.74) is 0.193. The molecule has 1 fully saturated rings. The van der Waals surface area contributed by atoms with Crippen LogP contribution >= 0.6 is 0 Å². The van der Waals surface area contributed by atoms with Crippen LogP contribution in [0.25, 0.3) is 0 Å². The normalized spacial score (nSPS) is 18.2. The van der Waals surface area contributed by atoms with Crippen LogP contribution in [0.5, 0.6) is 0 Å². The second-order valence-electron chi connectivity index (χ2n) is 9.10. The molecule has 3 N–H and O–H groups in total. The number of nitrogens with one attached hydrogen (secondary N) is 2. The van der Waals surface area contributed by atoms with Crippen molar-refractivity contribution in [3.63, 3.8) is 0 Å². The van der Waals surface area contributed by atoms with Gasteiger partial charge in [-0.25, -0.2) is 4.79 Å². The number of aliphatic hydroxyl groups is 1. The lowest BCUT2D eigenvalue weighted by Gasteiger charge is -2.27. The number of rotatable bonds is 12. The van der Waals surface area contributed by atoms with Gasteiger partial charge in [0.05, 0.1) is 12.6 Å². The highest BCUT2D eigenvalue weighted by molar-refractivity contribution is 5.85. The predicted molar refractivity (Wildman–Crippen MR) is 116 cm³/mol. The Labute approximate surface area is 179 Å². The smallest absolute Gasteiger partial charge is 0.407 e. The van der Waals surface area contributed by atoms with E-state index in [1.165, 1.54) is 25.3 Å². The highest BCUT2D eigenvalue weighted by Crippen LogP contribution is 2.24. The van der Waals surface area contributed by atoms with Crippen molar-refractivity contribution in [3.05, 3.63) is 21.9 Å². The number of unbranched alkanes of at least 4 members (excludes halogenated alkanes) is 1. The third-order valence-corrected chi connectivity index (χ3v) is 5.87. The average molecular weight is 423 g/mol. The van der Waals surface area contributed by atoms with Gasteiger partial charge in [0.15, 0.2) is 5.43 Å². The molecule has 30 heavy (non-hydrogen) atoms. The largest absolute Gasteiger partial charge is 0.449 e. The first-order valence-corrected chi connectivity index (χ1v) is 11.5. The molecular formula is C23H38N2O5. The Kier molecular flexibility index (Phi) is 9.82. The SMILES string of the molecule is CCCC[C@H](NC(=O)C(CC(C)C)NC(=O)OCC1CCCCC1)C(O)c1cc1=O. The maximum absolute atomic E-state index is 12.9. The summed E-state index contributed by atoms with van der Waals surface area (Å²) < 4.78 is 5.39. The van der Waals surface area contributed by atoms with Crippen molar-refractivity contribution in [3.8, 4) is 0 Å². The van der Waals surface area contributed by atoms with Gasteiger partial charge in [0, 0.05) is 5.56 Å². The van der Waals surface area contributed by atoms with Crippen LogP contribution in [0.1, 0.15) is 90.2 Å². The summed E-state index contributed by atoms with van der Waals surface area (Å²) in [6.45, 7) is 6.37. The molecule has 7 heteroatoms. The van der Waals surface area contributed by atoms with E-state index in [1.54, 1.807) is 0 Å². The minimum atomic E-state index is -1.01. The Morgan fingerprint density at radius 2 is 1.87 bits per heavy atom. The Morgan fingerprint density at radius 1 is 1.20 bits per heavy atom. The molecule has 2 rings (SSSR count). The number of carbonyl (C=O) groups excluding carboxylic acids is 2. The van der Waals surface area contributed by atoms with Crippen LogP contribution in [0.2, 0.25) is 0 Å². The topological polar surface area (TPSA) is 105 Å². The quantitative estimate of drug-likeness (QED) is 0.479. The van der Waals surface area contributed by atoms with Crippen LogP contribution in [0, 0.1) is 11.8 Å². The van der Waals surface area contributed by atoms with Crippen molar-refractivity contribution >= 4 is 12.0 Å². The monoisotopic (exact) mass is 422 g/mol. The molecule has 2 amide bonds. The molecule has 1 saturated carbocycles. The Balaban J connectivity index is 1.92. The minimum Gasteiger partial charge on any atom is -0.449 e. The summed E-state index contributed by atoms with van der Waals surface area (Å²) in [5, 5.41) is 16.0. The van der Waals surface area contributed by atoms with E-state index in [-0.39, 0.29) is 17.3 Å². The van der Waals surface area contributed by atoms with E-state index < -0.39 is 24.3 Å². The van der Waals surface area contributed by atoms with Crippen molar-refractivity contribution in [2.75, 3.05) is 6.61 Å². The molecule has 0 aromatic heterocycles. The van der Waals surface area contributed by atoms with Crippen LogP contribution in [-0.2, 0) is 9.53 Å². The molecule has 0 aliphatic heterocycles. The van der Waals surface area contributed by atoms with Crippen molar-refractivity contribution in [1.29, 1.82) is 0 Å². The van der Waals surface area contributed by atoms with E-state index in [4.69, 9.17) is 4.74 Å². The lowest BCUT2D eigenvalue weighted by molar-refractivity contribution is -0.125. The lowest BCUT2D eigenvalue weighted by Crippen LogP contribution is -2.51. The number of ether oxygens (including phenoxy) is 1. The van der Waals surface area contributed by atoms with Crippen LogP contribution in [-0.4, -0.2) is 35.8 Å². The van der Waals surface area contributed by atoms with E-state index in [0.717, 1.165) is 25.7 Å². The van der Waals surface area contributed by atoms with Gasteiger partial charge >= 0.3 is 6.09 Å². The summed E-state index contributed by atoms with van der Waals surface area (Å²) in [6.07, 6.45) is 6.91. The molecule has 0 saturated heterocycles. The van der Waals surface area contributed by atoms with E-state index in [1.807, 2.05) is 20.8 Å². The molecule has 0 radical (unpaired) electrons. The summed E-state index contributed by atoms with van der Waals surface area (Å²) in [7, 11) is 0. The number of carbonyl (C=O) groups is 2. The first-order valence-electron chi connectivity index (χ1n) is 11.5. The number of hydrogen-bond donors (Lipinski definition) is 3. The average Bonchev–Trinajstić information content (AvgIpc) is 3.45. The molecular weight excluding hydrogens is 384 g/mol. The number of alkyl carbamates (subject to hydrolysis) is 1. The maximum atomic E-state index is 12.9. The molecule has 170 valence electrons. The third-order valence-electron chi connectivity index (χ3n) is 5.87. The summed E-state index contributed by atoms with van der Waals surface area (Å²) in [6, 6.07) is 0.0938. The van der Waals surface area contributed by atoms with Crippen LogP contribution in [0.4, 0.5) is 4.79 Å². The van der Waals surface area contributed by atoms with Crippen molar-refractivity contribution in [2.45, 2.75) is 96.7 Å². The lowest BCUT2D eigenvalue weighted by atomic mass is 9.90. The van der Waals surface area contributed by atoms with E-state index in [9.17, 15) is 19.5 Å². The van der Waals surface area contributed by atoms with Gasteiger partial charge in [0.25, 0.3) is 0 Å². The molecule has 2 unspecified atom stereocenters. The summed E-state index contributed by atoms with van der Waals surface area (Å²) in [5.74, 6) is 0.234. The molecule has 1 aromatic carbocycles. The van der Waals surface area contributed by atoms with E-state index in [0.29, 0.717) is 30.9 Å². The fourth-order valence-corrected chi connectivity index (χ4v) is 4.00. The third kappa shape index (κ3) is 8.09. The molecule has 7 nitrogen and oxygen atoms in total. The zero-order valence-electron chi connectivity index (χ0n) is 18.6. The van der Waals surface area contributed by atoms with E-state index in [2.05, 4.69) is 10.6 Å². The van der Waals surface area contributed by atoms with Crippen LogP contribution < -0.4 is 16.1 Å². The number of hydrogen-bond acceptors (Lipinski definition) is 5. The Morgan fingerprint density at radius 3 is 2.43 bits per heavy atom. The van der Waals surface area contributed by atoms with Gasteiger partial charge < -0.3 is 20.5 Å². The molecule has 0 spiro atoms. The van der Waals surface area contributed by atoms with Gasteiger partial charge in [0.2, 0.25) is 5.91 Å². The summed E-state index contributed by atoms with van der Waals surface area (Å²) >= 11 is 0. The minimum absolute atomic E-state index is 0.165. The van der Waals surface area contributed by atoms with Gasteiger partial charge in [-0.2, -0.15) is 0 Å². The highest BCUT2D eigenvalue weighted by Gasteiger charge is 2.31. The van der Waals surface area contributed by atoms with E-state index >= 15 is 0 Å². The fourth-order valence-electron chi connectivity index (χ4n) is 4.00. The Hall–Kier alpha value is -1.89. The van der Waals surface area contributed by atoms with Crippen LogP contribution in [0.3, 0.4) is 0 Å². The second-order valence-corrected chi connectivity index (χ2v) is 9.10. The predicted octanol–water partition coefficient (Wildman–Crippen LogP) is 3.35. The van der Waals surface area contributed by atoms with Crippen molar-refractivity contribution < 1.29 is 19.4 Å². The molecule has 0 heterocycles. The molecule has 0 bridgehead atoms. The zero-order chi connectivity index (χ0) is 22.1. The van der Waals surface area contributed by atoms with Crippen LogP contribution in [0.15, 0.2) is 10.9 Å². The number of aliphatic hydroxyl groups excluding tert-OH is 1. The Bertz CT molecular complexity index is 674.